The topological polar surface area (TPSA) is 67.9 Å². The van der Waals surface area contributed by atoms with E-state index in [1.807, 2.05) is 43.0 Å². The molecule has 0 saturated heterocycles. The molecular weight excluding hydrogens is 400 g/mol. The van der Waals surface area contributed by atoms with Crippen LogP contribution in [0.3, 0.4) is 0 Å². The van der Waals surface area contributed by atoms with Gasteiger partial charge in [0, 0.05) is 11.4 Å². The lowest BCUT2D eigenvalue weighted by Crippen LogP contribution is -2.48. The number of rotatable bonds is 5. The summed E-state index contributed by atoms with van der Waals surface area (Å²) >= 11 is 5.66. The number of nitrogens with one attached hydrogen (secondary N) is 1. The molecule has 6 nitrogen and oxygen atoms in total. The number of allylic oxidation sites excluding steroid dienone is 1. The molecule has 1 atom stereocenters. The summed E-state index contributed by atoms with van der Waals surface area (Å²) in [5.74, 6) is -0.951. The first-order valence-electron chi connectivity index (χ1n) is 9.61. The van der Waals surface area contributed by atoms with Crippen LogP contribution in [-0.4, -0.2) is 30.8 Å². The maximum absolute atomic E-state index is 13.0. The summed E-state index contributed by atoms with van der Waals surface area (Å²) in [4.78, 5) is 27.1. The van der Waals surface area contributed by atoms with Gasteiger partial charge in [0.25, 0.3) is 0 Å². The summed E-state index contributed by atoms with van der Waals surface area (Å²) in [6, 6.07) is 14.2. The van der Waals surface area contributed by atoms with Gasteiger partial charge in [-0.1, -0.05) is 30.3 Å². The Hall–Kier alpha value is -3.19. The van der Waals surface area contributed by atoms with Gasteiger partial charge in [0.2, 0.25) is 0 Å². The van der Waals surface area contributed by atoms with Gasteiger partial charge in [-0.3, -0.25) is 4.90 Å². The van der Waals surface area contributed by atoms with Gasteiger partial charge in [-0.2, -0.15) is 0 Å². The maximum atomic E-state index is 13.0. The number of nitrogens with zero attached hydrogens (tertiary/aromatic N) is 1. The summed E-state index contributed by atoms with van der Waals surface area (Å²) in [6.07, 6.45) is 0. The Labute approximate surface area is 181 Å². The van der Waals surface area contributed by atoms with Crippen LogP contribution in [0, 0.1) is 6.92 Å². The summed E-state index contributed by atoms with van der Waals surface area (Å²) in [5.41, 5.74) is 3.90. The van der Waals surface area contributed by atoms with Gasteiger partial charge < -0.3 is 14.8 Å². The molecule has 1 N–H and O–H groups in total. The van der Waals surface area contributed by atoms with Gasteiger partial charge in [-0.05, 0) is 62.3 Å². The van der Waals surface area contributed by atoms with E-state index >= 15 is 0 Å². The van der Waals surface area contributed by atoms with Crippen molar-refractivity contribution in [2.75, 3.05) is 18.6 Å². The average molecular weight is 425 g/mol. The number of esters is 2. The standard InChI is InChI=1S/C23H24N2O4S/c1-5-29-22(27)19-15(3)25(16-10-8-9-14(2)13-16)23(30)24-20(19)17-11-6-7-12-18(17)21(26)28-4/h6-13,20H,5H2,1-4H3,(H,24,30). The van der Waals surface area contributed by atoms with Crippen LogP contribution in [0.25, 0.3) is 0 Å². The molecule has 1 aliphatic rings. The molecule has 0 saturated carbocycles. The van der Waals surface area contributed by atoms with Crippen molar-refractivity contribution in [3.8, 4) is 0 Å². The third-order valence-electron chi connectivity index (χ3n) is 4.92. The van der Waals surface area contributed by atoms with Crippen LogP contribution in [0.4, 0.5) is 5.69 Å². The quantitative estimate of drug-likeness (QED) is 0.574. The fourth-order valence-electron chi connectivity index (χ4n) is 3.57. The van der Waals surface area contributed by atoms with Crippen LogP contribution in [0.2, 0.25) is 0 Å². The van der Waals surface area contributed by atoms with E-state index in [2.05, 4.69) is 5.32 Å². The summed E-state index contributed by atoms with van der Waals surface area (Å²) in [5, 5.41) is 3.66. The zero-order chi connectivity index (χ0) is 21.8. The number of carbonyl (C=O) groups excluding carboxylic acids is 2. The number of hydrogen-bond acceptors (Lipinski definition) is 5. The third kappa shape index (κ3) is 4.07. The van der Waals surface area contributed by atoms with Gasteiger partial charge in [0.05, 0.1) is 30.9 Å². The summed E-state index contributed by atoms with van der Waals surface area (Å²) in [7, 11) is 1.32. The number of aryl methyl sites for hydroxylation is 1. The second kappa shape index (κ2) is 9.09. The fourth-order valence-corrected chi connectivity index (χ4v) is 3.93. The molecule has 1 unspecified atom stereocenters. The zero-order valence-electron chi connectivity index (χ0n) is 17.4. The molecular formula is C23H24N2O4S. The molecule has 0 amide bonds. The SMILES string of the molecule is CCOC(=O)C1=C(C)N(c2cccc(C)c2)C(=S)NC1c1ccccc1C(=O)OC. The highest BCUT2D eigenvalue weighted by Crippen LogP contribution is 2.35. The minimum Gasteiger partial charge on any atom is -0.465 e. The second-order valence-corrected chi connectivity index (χ2v) is 7.24. The first kappa shape index (κ1) is 21.5. The molecule has 7 heteroatoms. The predicted molar refractivity (Wildman–Crippen MR) is 119 cm³/mol. The lowest BCUT2D eigenvalue weighted by molar-refractivity contribution is -0.139. The Bertz CT molecular complexity index is 1030. The van der Waals surface area contributed by atoms with E-state index in [1.165, 1.54) is 7.11 Å². The lowest BCUT2D eigenvalue weighted by atomic mass is 9.91. The number of thiocarbonyl (C=S) groups is 1. The van der Waals surface area contributed by atoms with Crippen LogP contribution in [0.15, 0.2) is 59.8 Å². The average Bonchev–Trinajstić information content (AvgIpc) is 2.73. The summed E-state index contributed by atoms with van der Waals surface area (Å²) < 4.78 is 10.3. The van der Waals surface area contributed by atoms with Gasteiger partial charge in [0.15, 0.2) is 5.11 Å². The van der Waals surface area contributed by atoms with Crippen molar-refractivity contribution in [3.63, 3.8) is 0 Å². The molecule has 2 aromatic carbocycles. The smallest absolute Gasteiger partial charge is 0.338 e. The monoisotopic (exact) mass is 424 g/mol. The van der Waals surface area contributed by atoms with Crippen molar-refractivity contribution < 1.29 is 19.1 Å². The van der Waals surface area contributed by atoms with E-state index in [9.17, 15) is 9.59 Å². The number of benzene rings is 2. The van der Waals surface area contributed by atoms with Gasteiger partial charge >= 0.3 is 11.9 Å². The number of anilines is 1. The van der Waals surface area contributed by atoms with E-state index in [0.717, 1.165) is 11.3 Å². The molecule has 0 aliphatic carbocycles. The van der Waals surface area contributed by atoms with Crippen molar-refractivity contribution in [3.05, 3.63) is 76.5 Å². The maximum Gasteiger partial charge on any atom is 0.338 e. The Kier molecular flexibility index (Phi) is 6.52. The molecule has 156 valence electrons. The highest BCUT2D eigenvalue weighted by Gasteiger charge is 2.37. The normalized spacial score (nSPS) is 16.2. The predicted octanol–water partition coefficient (Wildman–Crippen LogP) is 4.05. The molecule has 3 rings (SSSR count). The number of methoxy groups -OCH3 is 1. The third-order valence-corrected chi connectivity index (χ3v) is 5.22. The summed E-state index contributed by atoms with van der Waals surface area (Å²) in [6.45, 7) is 5.81. The molecule has 0 fully saturated rings. The van der Waals surface area contributed by atoms with Crippen LogP contribution in [0.1, 0.15) is 41.4 Å². The van der Waals surface area contributed by atoms with Crippen molar-refractivity contribution in [1.82, 2.24) is 5.32 Å². The van der Waals surface area contributed by atoms with E-state index < -0.39 is 18.0 Å². The molecule has 30 heavy (non-hydrogen) atoms. The van der Waals surface area contributed by atoms with Crippen LogP contribution >= 0.6 is 12.2 Å². The van der Waals surface area contributed by atoms with E-state index in [1.54, 1.807) is 31.2 Å². The van der Waals surface area contributed by atoms with Gasteiger partial charge in [-0.15, -0.1) is 0 Å². The molecule has 0 bridgehead atoms. The molecule has 2 aromatic rings. The van der Waals surface area contributed by atoms with E-state index in [0.29, 0.717) is 27.5 Å². The highest BCUT2D eigenvalue weighted by atomic mass is 32.1. The van der Waals surface area contributed by atoms with Crippen LogP contribution in [0.5, 0.6) is 0 Å². The largest absolute Gasteiger partial charge is 0.465 e. The lowest BCUT2D eigenvalue weighted by Gasteiger charge is -2.38. The van der Waals surface area contributed by atoms with Crippen molar-refractivity contribution in [1.29, 1.82) is 0 Å². The fraction of sp³-hybridized carbons (Fsp3) is 0.261. The van der Waals surface area contributed by atoms with Crippen molar-refractivity contribution in [2.45, 2.75) is 26.8 Å². The van der Waals surface area contributed by atoms with Crippen LogP contribution < -0.4 is 10.2 Å². The molecule has 1 heterocycles. The van der Waals surface area contributed by atoms with Crippen LogP contribution in [-0.2, 0) is 14.3 Å². The Morgan fingerprint density at radius 3 is 2.50 bits per heavy atom. The first-order valence-corrected chi connectivity index (χ1v) is 10.0. The Morgan fingerprint density at radius 2 is 1.83 bits per heavy atom. The van der Waals surface area contributed by atoms with E-state index in [4.69, 9.17) is 21.7 Å². The minimum atomic E-state index is -0.645. The van der Waals surface area contributed by atoms with Gasteiger partial charge in [0.1, 0.15) is 0 Å². The first-order chi connectivity index (χ1) is 14.4. The molecule has 0 radical (unpaired) electrons. The number of carbonyl (C=O) groups is 2. The molecule has 1 aliphatic heterocycles. The Balaban J connectivity index is 2.19. The highest BCUT2D eigenvalue weighted by molar-refractivity contribution is 7.80. The minimum absolute atomic E-state index is 0.232. The molecule has 0 spiro atoms. The zero-order valence-corrected chi connectivity index (χ0v) is 18.2. The number of hydrogen-bond donors (Lipinski definition) is 1. The van der Waals surface area contributed by atoms with Crippen molar-refractivity contribution in [2.24, 2.45) is 0 Å². The second-order valence-electron chi connectivity index (χ2n) is 6.86. The van der Waals surface area contributed by atoms with Gasteiger partial charge in [-0.25, -0.2) is 9.59 Å². The Morgan fingerprint density at radius 1 is 1.10 bits per heavy atom. The number of ether oxygens (including phenoxy) is 2. The van der Waals surface area contributed by atoms with E-state index in [-0.39, 0.29) is 6.61 Å². The molecule has 0 aromatic heterocycles. The van der Waals surface area contributed by atoms with Crippen molar-refractivity contribution >= 4 is 35.0 Å².